The molecule has 1 aromatic heterocycles. The number of hydrogen-bond donors (Lipinski definition) is 1. The third-order valence-corrected chi connectivity index (χ3v) is 3.72. The van der Waals surface area contributed by atoms with Gasteiger partial charge in [0.15, 0.2) is 0 Å². The zero-order chi connectivity index (χ0) is 15.0. The van der Waals surface area contributed by atoms with E-state index in [1.165, 1.54) is 9.80 Å². The van der Waals surface area contributed by atoms with Crippen LogP contribution in [0.5, 0.6) is 0 Å². The van der Waals surface area contributed by atoms with Gasteiger partial charge in [0.25, 0.3) is 0 Å². The summed E-state index contributed by atoms with van der Waals surface area (Å²) in [4.78, 5) is 31.0. The number of amides is 2. The molecule has 2 amide bonds. The molecule has 2 N–H and O–H groups in total. The highest BCUT2D eigenvalue weighted by Crippen LogP contribution is 2.20. The Bertz CT molecular complexity index is 729. The number of carbonyl (C=O) groups excluding carboxylic acids is 2. The average molecular weight is 284 g/mol. The van der Waals surface area contributed by atoms with Crippen molar-refractivity contribution >= 4 is 28.5 Å². The van der Waals surface area contributed by atoms with Gasteiger partial charge in [-0.2, -0.15) is 0 Å². The molecule has 0 radical (unpaired) electrons. The number of rotatable bonds is 2. The molecule has 21 heavy (non-hydrogen) atoms. The van der Waals surface area contributed by atoms with Crippen molar-refractivity contribution in [3.05, 3.63) is 35.9 Å². The van der Waals surface area contributed by atoms with Gasteiger partial charge < -0.3 is 15.5 Å². The van der Waals surface area contributed by atoms with Crippen molar-refractivity contribution in [3.63, 3.8) is 0 Å². The molecule has 0 atom stereocenters. The fourth-order valence-corrected chi connectivity index (χ4v) is 2.43. The molecule has 6 heteroatoms. The summed E-state index contributed by atoms with van der Waals surface area (Å²) in [6, 6.07) is 9.58. The van der Waals surface area contributed by atoms with Crippen molar-refractivity contribution < 1.29 is 9.59 Å². The van der Waals surface area contributed by atoms with Gasteiger partial charge in [0, 0.05) is 37.6 Å². The number of para-hydroxylation sites is 1. The lowest BCUT2D eigenvalue weighted by Gasteiger charge is -2.31. The summed E-state index contributed by atoms with van der Waals surface area (Å²) in [6.07, 6.45) is 0. The summed E-state index contributed by atoms with van der Waals surface area (Å²) in [6.45, 7) is 1.35. The molecular formula is C15H16N4O2. The van der Waals surface area contributed by atoms with Crippen molar-refractivity contribution in [2.24, 2.45) is 0 Å². The topological polar surface area (TPSA) is 79.5 Å². The highest BCUT2D eigenvalue weighted by Gasteiger charge is 2.30. The van der Waals surface area contributed by atoms with Crippen molar-refractivity contribution in [3.8, 4) is 0 Å². The fraction of sp³-hybridized carbons (Fsp3) is 0.267. The Balaban J connectivity index is 1.89. The first-order valence-corrected chi connectivity index (χ1v) is 6.75. The van der Waals surface area contributed by atoms with Crippen molar-refractivity contribution in [1.29, 1.82) is 0 Å². The maximum atomic E-state index is 12.0. The molecule has 1 fully saturated rings. The number of nitrogens with zero attached hydrogens (tertiary/aromatic N) is 3. The van der Waals surface area contributed by atoms with Crippen LogP contribution in [-0.2, 0) is 16.1 Å². The average Bonchev–Trinajstić information content (AvgIpc) is 2.48. The van der Waals surface area contributed by atoms with Crippen LogP contribution in [0.4, 0.5) is 5.82 Å². The van der Waals surface area contributed by atoms with E-state index in [9.17, 15) is 9.59 Å². The van der Waals surface area contributed by atoms with Crippen molar-refractivity contribution in [2.45, 2.75) is 6.54 Å². The quantitative estimate of drug-likeness (QED) is 0.820. The minimum atomic E-state index is -0.490. The second-order valence-electron chi connectivity index (χ2n) is 5.18. The van der Waals surface area contributed by atoms with E-state index in [0.29, 0.717) is 25.5 Å². The van der Waals surface area contributed by atoms with Crippen LogP contribution in [0.2, 0.25) is 0 Å². The second-order valence-corrected chi connectivity index (χ2v) is 5.18. The summed E-state index contributed by atoms with van der Waals surface area (Å²) < 4.78 is 0. The maximum absolute atomic E-state index is 12.0. The van der Waals surface area contributed by atoms with Gasteiger partial charge in [-0.05, 0) is 12.1 Å². The molecule has 2 heterocycles. The molecular weight excluding hydrogens is 268 g/mol. The Morgan fingerprint density at radius 1 is 1.19 bits per heavy atom. The van der Waals surface area contributed by atoms with Gasteiger partial charge >= 0.3 is 11.8 Å². The number of benzene rings is 1. The first kappa shape index (κ1) is 13.4. The molecule has 1 aliphatic rings. The van der Waals surface area contributed by atoms with E-state index in [2.05, 4.69) is 4.98 Å². The first-order valence-electron chi connectivity index (χ1n) is 6.75. The standard InChI is InChI=1S/C15H16N4O2/c1-18-6-7-19(15(21)14(18)20)9-11-8-10-4-2-3-5-12(10)17-13(11)16/h2-5,8H,6-7,9H2,1H3,(H2,16,17). The molecule has 1 saturated heterocycles. The molecule has 1 aliphatic heterocycles. The predicted molar refractivity (Wildman–Crippen MR) is 79.2 cm³/mol. The van der Waals surface area contributed by atoms with Crippen LogP contribution >= 0.6 is 0 Å². The second kappa shape index (κ2) is 5.05. The Morgan fingerprint density at radius 2 is 1.95 bits per heavy atom. The number of nitrogens with two attached hydrogens (primary N) is 1. The lowest BCUT2D eigenvalue weighted by atomic mass is 10.1. The number of fused-ring (bicyclic) bond motifs is 1. The van der Waals surface area contributed by atoms with E-state index in [1.54, 1.807) is 7.05 Å². The van der Waals surface area contributed by atoms with Gasteiger partial charge in [0.05, 0.1) is 5.52 Å². The lowest BCUT2D eigenvalue weighted by Crippen LogP contribution is -2.52. The van der Waals surface area contributed by atoms with E-state index in [0.717, 1.165) is 16.5 Å². The first-order chi connectivity index (χ1) is 10.1. The van der Waals surface area contributed by atoms with Gasteiger partial charge in [-0.25, -0.2) is 4.98 Å². The van der Waals surface area contributed by atoms with E-state index in [-0.39, 0.29) is 0 Å². The summed E-state index contributed by atoms with van der Waals surface area (Å²) in [5.41, 5.74) is 7.55. The Morgan fingerprint density at radius 3 is 2.76 bits per heavy atom. The monoisotopic (exact) mass is 284 g/mol. The van der Waals surface area contributed by atoms with Gasteiger partial charge in [-0.3, -0.25) is 9.59 Å². The largest absolute Gasteiger partial charge is 0.383 e. The van der Waals surface area contributed by atoms with Crippen LogP contribution in [-0.4, -0.2) is 46.7 Å². The molecule has 0 saturated carbocycles. The number of likely N-dealkylation sites (N-methyl/N-ethyl adjacent to an activating group) is 1. The Kier molecular flexibility index (Phi) is 3.21. The number of piperazine rings is 1. The molecule has 6 nitrogen and oxygen atoms in total. The molecule has 1 aromatic carbocycles. The highest BCUT2D eigenvalue weighted by atomic mass is 16.2. The molecule has 3 rings (SSSR count). The summed E-state index contributed by atoms with van der Waals surface area (Å²) in [5.74, 6) is -0.572. The molecule has 2 aromatic rings. The molecule has 0 bridgehead atoms. The van der Waals surface area contributed by atoms with Crippen LogP contribution < -0.4 is 5.73 Å². The third-order valence-electron chi connectivity index (χ3n) is 3.72. The lowest BCUT2D eigenvalue weighted by molar-refractivity contribution is -0.155. The number of hydrogen-bond acceptors (Lipinski definition) is 4. The molecule has 108 valence electrons. The minimum absolute atomic E-state index is 0.308. The van der Waals surface area contributed by atoms with E-state index in [1.807, 2.05) is 30.3 Å². The van der Waals surface area contributed by atoms with Crippen LogP contribution in [0.15, 0.2) is 30.3 Å². The smallest absolute Gasteiger partial charge is 0.312 e. The normalized spacial score (nSPS) is 15.9. The summed E-state index contributed by atoms with van der Waals surface area (Å²) in [5, 5.41) is 0.967. The molecule has 0 unspecified atom stereocenters. The SMILES string of the molecule is CN1CCN(Cc2cc3ccccc3nc2N)C(=O)C1=O. The van der Waals surface area contributed by atoms with Crippen LogP contribution in [0, 0.1) is 0 Å². The van der Waals surface area contributed by atoms with E-state index in [4.69, 9.17) is 5.73 Å². The Labute approximate surface area is 122 Å². The van der Waals surface area contributed by atoms with Crippen molar-refractivity contribution in [1.82, 2.24) is 14.8 Å². The van der Waals surface area contributed by atoms with E-state index >= 15 is 0 Å². The number of carbonyl (C=O) groups is 2. The minimum Gasteiger partial charge on any atom is -0.383 e. The van der Waals surface area contributed by atoms with Crippen LogP contribution in [0.1, 0.15) is 5.56 Å². The number of pyridine rings is 1. The van der Waals surface area contributed by atoms with Gasteiger partial charge in [0.2, 0.25) is 0 Å². The Hall–Kier alpha value is -2.63. The highest BCUT2D eigenvalue weighted by molar-refractivity contribution is 6.35. The molecule has 0 aliphatic carbocycles. The van der Waals surface area contributed by atoms with Gasteiger partial charge in [-0.15, -0.1) is 0 Å². The maximum Gasteiger partial charge on any atom is 0.312 e. The van der Waals surface area contributed by atoms with Crippen LogP contribution in [0.25, 0.3) is 10.9 Å². The summed E-state index contributed by atoms with van der Waals surface area (Å²) >= 11 is 0. The number of anilines is 1. The van der Waals surface area contributed by atoms with Crippen molar-refractivity contribution in [2.75, 3.05) is 25.9 Å². The molecule has 0 spiro atoms. The van der Waals surface area contributed by atoms with Gasteiger partial charge in [-0.1, -0.05) is 18.2 Å². The zero-order valence-corrected chi connectivity index (χ0v) is 11.7. The number of nitrogen functional groups attached to an aromatic ring is 1. The summed E-state index contributed by atoms with van der Waals surface area (Å²) in [7, 11) is 1.63. The van der Waals surface area contributed by atoms with Gasteiger partial charge in [0.1, 0.15) is 5.82 Å². The van der Waals surface area contributed by atoms with E-state index < -0.39 is 11.8 Å². The van der Waals surface area contributed by atoms with Crippen LogP contribution in [0.3, 0.4) is 0 Å². The number of aromatic nitrogens is 1. The zero-order valence-electron chi connectivity index (χ0n) is 11.7. The predicted octanol–water partition coefficient (Wildman–Crippen LogP) is 0.618. The third kappa shape index (κ3) is 2.40. The fourth-order valence-electron chi connectivity index (χ4n) is 2.43.